The lowest BCUT2D eigenvalue weighted by molar-refractivity contribution is -0.116. The minimum absolute atomic E-state index is 0.0817. The van der Waals surface area contributed by atoms with Gasteiger partial charge in [-0.15, -0.1) is 11.3 Å². The summed E-state index contributed by atoms with van der Waals surface area (Å²) in [5.74, 6) is 0.114. The fourth-order valence-electron chi connectivity index (χ4n) is 2.24. The average molecular weight is 322 g/mol. The van der Waals surface area contributed by atoms with Crippen LogP contribution in [0.1, 0.15) is 23.4 Å². The predicted molar refractivity (Wildman–Crippen MR) is 96.5 cm³/mol. The Balaban J connectivity index is 1.57. The monoisotopic (exact) mass is 322 g/mol. The Kier molecular flexibility index (Phi) is 4.83. The molecule has 0 saturated heterocycles. The molecule has 0 bridgehead atoms. The number of nitrogens with one attached hydrogen (secondary N) is 1. The number of rotatable bonds is 5. The topological polar surface area (TPSA) is 42.0 Å². The van der Waals surface area contributed by atoms with Gasteiger partial charge in [-0.2, -0.15) is 0 Å². The Morgan fingerprint density at radius 2 is 1.91 bits per heavy atom. The van der Waals surface area contributed by atoms with Gasteiger partial charge >= 0.3 is 0 Å². The summed E-state index contributed by atoms with van der Waals surface area (Å²) in [5.41, 5.74) is 2.04. The number of fused-ring (bicyclic) bond motifs is 1. The van der Waals surface area contributed by atoms with Crippen LogP contribution in [-0.4, -0.2) is 17.4 Å². The van der Waals surface area contributed by atoms with Crippen LogP contribution in [0.2, 0.25) is 0 Å². The van der Waals surface area contributed by atoms with E-state index in [1.165, 1.54) is 4.70 Å². The van der Waals surface area contributed by atoms with Gasteiger partial charge in [0.2, 0.25) is 5.91 Å². The normalized spacial score (nSPS) is 12.6. The Morgan fingerprint density at radius 1 is 1.17 bits per heavy atom. The molecule has 0 aliphatic rings. The summed E-state index contributed by atoms with van der Waals surface area (Å²) in [4.78, 5) is 16.5. The van der Waals surface area contributed by atoms with E-state index >= 15 is 0 Å². The highest BCUT2D eigenvalue weighted by molar-refractivity contribution is 7.18. The molecule has 1 N–H and O–H groups in total. The first-order chi connectivity index (χ1) is 11.2. The van der Waals surface area contributed by atoms with E-state index in [-0.39, 0.29) is 11.8 Å². The molecule has 3 rings (SSSR count). The smallest absolute Gasteiger partial charge is 0.244 e. The zero-order chi connectivity index (χ0) is 16.1. The zero-order valence-electron chi connectivity index (χ0n) is 12.9. The van der Waals surface area contributed by atoms with Crippen LogP contribution in [0, 0.1) is 0 Å². The van der Waals surface area contributed by atoms with Gasteiger partial charge in [-0.1, -0.05) is 49.4 Å². The van der Waals surface area contributed by atoms with E-state index in [0.29, 0.717) is 6.54 Å². The molecule has 4 heteroatoms. The third-order valence-electron chi connectivity index (χ3n) is 3.54. The van der Waals surface area contributed by atoms with Crippen molar-refractivity contribution in [3.8, 4) is 0 Å². The largest absolute Gasteiger partial charge is 0.352 e. The number of aromatic nitrogens is 1. The minimum Gasteiger partial charge on any atom is -0.352 e. The lowest BCUT2D eigenvalue weighted by atomic mass is 10.2. The summed E-state index contributed by atoms with van der Waals surface area (Å²) in [6.07, 6.45) is 3.39. The highest BCUT2D eigenvalue weighted by atomic mass is 32.1. The highest BCUT2D eigenvalue weighted by Crippen LogP contribution is 2.26. The van der Waals surface area contributed by atoms with Crippen molar-refractivity contribution in [3.05, 3.63) is 71.2 Å². The van der Waals surface area contributed by atoms with Gasteiger partial charge in [-0.3, -0.25) is 4.79 Å². The molecule has 23 heavy (non-hydrogen) atoms. The quantitative estimate of drug-likeness (QED) is 0.714. The van der Waals surface area contributed by atoms with Gasteiger partial charge in [0, 0.05) is 18.5 Å². The Morgan fingerprint density at radius 3 is 2.70 bits per heavy atom. The number of carbonyl (C=O) groups excluding carboxylic acids is 1. The van der Waals surface area contributed by atoms with Gasteiger partial charge in [0.05, 0.1) is 15.2 Å². The Bertz CT molecular complexity index is 791. The van der Waals surface area contributed by atoms with Gasteiger partial charge in [0.1, 0.15) is 0 Å². The van der Waals surface area contributed by atoms with Crippen molar-refractivity contribution >= 4 is 33.5 Å². The van der Waals surface area contributed by atoms with Crippen LogP contribution in [0.5, 0.6) is 0 Å². The average Bonchev–Trinajstić information content (AvgIpc) is 3.03. The fraction of sp³-hybridized carbons (Fsp3) is 0.158. The van der Waals surface area contributed by atoms with Crippen molar-refractivity contribution in [2.45, 2.75) is 12.8 Å². The molecule has 0 saturated carbocycles. The number of carbonyl (C=O) groups is 1. The fourth-order valence-corrected chi connectivity index (χ4v) is 3.26. The van der Waals surface area contributed by atoms with Crippen LogP contribution in [0.25, 0.3) is 16.3 Å². The predicted octanol–water partition coefficient (Wildman–Crippen LogP) is 4.23. The van der Waals surface area contributed by atoms with Crippen molar-refractivity contribution < 1.29 is 4.79 Å². The van der Waals surface area contributed by atoms with Gasteiger partial charge < -0.3 is 5.32 Å². The first-order valence-corrected chi connectivity index (χ1v) is 8.40. The van der Waals surface area contributed by atoms with Crippen molar-refractivity contribution in [1.29, 1.82) is 0 Å². The number of benzene rings is 2. The Hall–Kier alpha value is -2.46. The minimum atomic E-state index is -0.0817. The molecule has 0 unspecified atom stereocenters. The first-order valence-electron chi connectivity index (χ1n) is 7.59. The molecule has 0 aliphatic carbocycles. The van der Waals surface area contributed by atoms with E-state index in [0.717, 1.165) is 16.1 Å². The molecule has 1 amide bonds. The summed E-state index contributed by atoms with van der Waals surface area (Å²) < 4.78 is 1.18. The molecule has 2 aromatic carbocycles. The van der Waals surface area contributed by atoms with Crippen LogP contribution in [0.4, 0.5) is 0 Å². The molecule has 0 fully saturated rings. The summed E-state index contributed by atoms with van der Waals surface area (Å²) in [7, 11) is 0. The molecule has 116 valence electrons. The van der Waals surface area contributed by atoms with Gasteiger partial charge in [0.15, 0.2) is 0 Å². The van der Waals surface area contributed by atoms with E-state index in [9.17, 15) is 4.79 Å². The molecule has 3 aromatic rings. The van der Waals surface area contributed by atoms with E-state index in [1.807, 2.05) is 54.6 Å². The number of nitrogens with zero attached hydrogens (tertiary/aromatic N) is 1. The molecule has 1 heterocycles. The van der Waals surface area contributed by atoms with Crippen molar-refractivity contribution in [1.82, 2.24) is 10.3 Å². The van der Waals surface area contributed by atoms with E-state index in [4.69, 9.17) is 0 Å². The molecule has 0 radical (unpaired) electrons. The zero-order valence-corrected chi connectivity index (χ0v) is 13.7. The molecule has 1 aromatic heterocycles. The van der Waals surface area contributed by atoms with E-state index in [1.54, 1.807) is 17.4 Å². The molecular weight excluding hydrogens is 304 g/mol. The second kappa shape index (κ2) is 7.20. The summed E-state index contributed by atoms with van der Waals surface area (Å²) in [6.45, 7) is 2.66. The molecule has 0 spiro atoms. The standard InChI is InChI=1S/C19H18N2OS/c1-14(19-21-16-9-5-6-10-17(16)23-19)13-20-18(22)12-11-15-7-3-2-4-8-15/h2-12,14H,13H2,1H3,(H,20,22)/b12-11+/t14-/m1/s1. The molecular formula is C19H18N2OS. The molecule has 1 atom stereocenters. The molecule has 0 aliphatic heterocycles. The number of para-hydroxylation sites is 1. The maximum absolute atomic E-state index is 11.9. The van der Waals surface area contributed by atoms with E-state index in [2.05, 4.69) is 23.3 Å². The van der Waals surface area contributed by atoms with Gasteiger partial charge in [-0.25, -0.2) is 4.98 Å². The van der Waals surface area contributed by atoms with Gasteiger partial charge in [0.25, 0.3) is 0 Å². The SMILES string of the molecule is C[C@H](CNC(=O)/C=C/c1ccccc1)c1nc2ccccc2s1. The van der Waals surface area contributed by atoms with Crippen LogP contribution in [0.15, 0.2) is 60.7 Å². The first kappa shape index (κ1) is 15.4. The third-order valence-corrected chi connectivity index (χ3v) is 4.81. The number of hydrogen-bond donors (Lipinski definition) is 1. The third kappa shape index (κ3) is 4.05. The maximum Gasteiger partial charge on any atom is 0.244 e. The van der Waals surface area contributed by atoms with Crippen molar-refractivity contribution in [2.75, 3.05) is 6.54 Å². The van der Waals surface area contributed by atoms with Crippen LogP contribution in [-0.2, 0) is 4.79 Å². The lowest BCUT2D eigenvalue weighted by Gasteiger charge is -2.08. The van der Waals surface area contributed by atoms with Crippen LogP contribution in [0.3, 0.4) is 0 Å². The number of hydrogen-bond acceptors (Lipinski definition) is 3. The molecule has 3 nitrogen and oxygen atoms in total. The Labute approximate surface area is 139 Å². The van der Waals surface area contributed by atoms with Gasteiger partial charge in [-0.05, 0) is 23.8 Å². The summed E-state index contributed by atoms with van der Waals surface area (Å²) >= 11 is 1.69. The second-order valence-electron chi connectivity index (χ2n) is 5.41. The summed E-state index contributed by atoms with van der Waals surface area (Å²) in [6, 6.07) is 17.9. The number of thiazole rings is 1. The lowest BCUT2D eigenvalue weighted by Crippen LogP contribution is -2.25. The van der Waals surface area contributed by atoms with Crippen molar-refractivity contribution in [2.24, 2.45) is 0 Å². The van der Waals surface area contributed by atoms with Crippen LogP contribution >= 0.6 is 11.3 Å². The second-order valence-corrected chi connectivity index (χ2v) is 6.47. The number of amides is 1. The van der Waals surface area contributed by atoms with E-state index < -0.39 is 0 Å². The maximum atomic E-state index is 11.9. The highest BCUT2D eigenvalue weighted by Gasteiger charge is 2.11. The summed E-state index contributed by atoms with van der Waals surface area (Å²) in [5, 5.41) is 3.99. The van der Waals surface area contributed by atoms with Crippen molar-refractivity contribution in [3.63, 3.8) is 0 Å². The van der Waals surface area contributed by atoms with Crippen LogP contribution < -0.4 is 5.32 Å².